The Kier molecular flexibility index (Phi) is 33.7. The van der Waals surface area contributed by atoms with Crippen LogP contribution in [0.4, 0.5) is 0 Å². The number of imidazole rings is 3. The summed E-state index contributed by atoms with van der Waals surface area (Å²) in [5.74, 6) is 1.76. The van der Waals surface area contributed by atoms with Crippen LogP contribution in [0.2, 0.25) is 0 Å². The van der Waals surface area contributed by atoms with Crippen LogP contribution in [-0.4, -0.2) is 54.3 Å². The minimum absolute atomic E-state index is 0. The van der Waals surface area contributed by atoms with E-state index in [-0.39, 0.29) is 117 Å². The number of carbonyl (C=O) groups excluding carboxylic acids is 1. The van der Waals surface area contributed by atoms with E-state index >= 15 is 0 Å². The SMILES string of the molecule is CC(=O)C=C(C)O.CC1(C)c2ccc[c-]c2-c2nccc3cccc1c23.Cc1ccc(-c2[c-]cccc2)nc1.Cc1ccc2c(c1)c1ccc[c-]c1c1ncc(-c3c(C)cccc3C)n21.[Ir].[Ir].[Ir].[Ir].[Ir].[c-]1ccccc1-c1nc2ccccc2n1-c1cccc2ccccc12.[c-]1ccccc1-c1nccc2ccccc12.[c-]1ccccc1-c1nccn1-c1cccc2ccccc12. The van der Waals surface area contributed by atoms with Crippen molar-refractivity contribution in [3.05, 3.63) is 465 Å². The smallest absolute Gasteiger partial charge is 0.155 e. The van der Waals surface area contributed by atoms with Gasteiger partial charge in [-0.3, -0.25) is 19.7 Å². The first-order valence-corrected chi connectivity index (χ1v) is 42.3. The van der Waals surface area contributed by atoms with E-state index in [1.54, 1.807) is 0 Å². The molecule has 0 amide bonds. The van der Waals surface area contributed by atoms with Gasteiger partial charge >= 0.3 is 0 Å². The normalized spacial score (nSPS) is 11.2. The molecule has 0 saturated heterocycles. The molecular formula is C116H89Ir5N9O2-6. The van der Waals surface area contributed by atoms with Gasteiger partial charge in [-0.1, -0.05) is 195 Å². The van der Waals surface area contributed by atoms with Crippen molar-refractivity contribution in [1.29, 1.82) is 0 Å². The van der Waals surface area contributed by atoms with E-state index in [2.05, 4.69) is 317 Å². The van der Waals surface area contributed by atoms with Crippen molar-refractivity contribution in [1.82, 2.24) is 43.4 Å². The number of pyridine rings is 4. The number of benzene rings is 15. The van der Waals surface area contributed by atoms with Crippen molar-refractivity contribution in [2.75, 3.05) is 0 Å². The predicted molar refractivity (Wildman–Crippen MR) is 521 cm³/mol. The Hall–Kier alpha value is -12.9. The molecule has 15 aromatic carbocycles. The van der Waals surface area contributed by atoms with Gasteiger partial charge in [0.1, 0.15) is 0 Å². The van der Waals surface area contributed by atoms with Crippen molar-refractivity contribution in [2.45, 2.75) is 60.8 Å². The zero-order valence-corrected chi connectivity index (χ0v) is 85.5. The summed E-state index contributed by atoms with van der Waals surface area (Å²) in [4.78, 5) is 37.6. The second kappa shape index (κ2) is 45.3. The fourth-order valence-corrected chi connectivity index (χ4v) is 16.7. The monoisotopic (exact) mass is 2600 g/mol. The molecule has 0 fully saturated rings. The molecule has 1 N–H and O–H groups in total. The molecule has 7 heterocycles. The van der Waals surface area contributed by atoms with Gasteiger partial charge in [0.05, 0.1) is 39.8 Å². The van der Waals surface area contributed by atoms with E-state index in [1.807, 2.05) is 178 Å². The summed E-state index contributed by atoms with van der Waals surface area (Å²) in [6, 6.07) is 138. The third-order valence-electron chi connectivity index (χ3n) is 22.6. The first-order chi connectivity index (χ1) is 62.1. The number of ketones is 1. The summed E-state index contributed by atoms with van der Waals surface area (Å²) in [6.45, 7) is 15.9. The van der Waals surface area contributed by atoms with E-state index in [4.69, 9.17) is 15.1 Å². The van der Waals surface area contributed by atoms with E-state index in [0.29, 0.717) is 0 Å². The predicted octanol–water partition coefficient (Wildman–Crippen LogP) is 28.1. The van der Waals surface area contributed by atoms with E-state index in [9.17, 15) is 4.79 Å². The number of carbonyl (C=O) groups is 1. The van der Waals surface area contributed by atoms with Crippen molar-refractivity contribution >= 4 is 87.2 Å². The first-order valence-electron chi connectivity index (χ1n) is 42.3. The molecule has 1 aliphatic carbocycles. The molecular weight excluding hydrogens is 2510 g/mol. The second-order valence-corrected chi connectivity index (χ2v) is 31.7. The van der Waals surface area contributed by atoms with Crippen molar-refractivity contribution in [2.24, 2.45) is 0 Å². The van der Waals surface area contributed by atoms with Crippen molar-refractivity contribution in [3.63, 3.8) is 0 Å². The molecule has 11 nitrogen and oxygen atoms in total. The molecule has 0 atom stereocenters. The van der Waals surface area contributed by atoms with Gasteiger partial charge in [0, 0.05) is 177 Å². The Bertz CT molecular complexity index is 7690. The van der Waals surface area contributed by atoms with Gasteiger partial charge in [-0.05, 0) is 166 Å². The Morgan fingerprint density at radius 2 is 0.909 bits per heavy atom. The van der Waals surface area contributed by atoms with Crippen molar-refractivity contribution in [3.8, 4) is 79.2 Å². The molecule has 0 spiro atoms. The number of fused-ring (bicyclic) bond motifs is 12. The largest absolute Gasteiger partial charge is 0.512 e. The van der Waals surface area contributed by atoms with Gasteiger partial charge in [0.15, 0.2) is 5.78 Å². The number of rotatable bonds is 8. The molecule has 0 aliphatic heterocycles. The van der Waals surface area contributed by atoms with Crippen LogP contribution in [0, 0.1) is 64.1 Å². The van der Waals surface area contributed by atoms with Gasteiger partial charge in [-0.15, -0.1) is 209 Å². The Balaban J connectivity index is 0.000000141. The van der Waals surface area contributed by atoms with Gasteiger partial charge in [0.25, 0.3) is 0 Å². The summed E-state index contributed by atoms with van der Waals surface area (Å²) in [6.07, 6.45) is 12.6. The molecule has 661 valence electrons. The van der Waals surface area contributed by atoms with Crippen LogP contribution >= 0.6 is 0 Å². The van der Waals surface area contributed by atoms with E-state index in [0.717, 1.165) is 95.7 Å². The Morgan fingerprint density at radius 3 is 1.55 bits per heavy atom. The quantitative estimate of drug-likeness (QED) is 0.0689. The summed E-state index contributed by atoms with van der Waals surface area (Å²) in [7, 11) is 0. The fourth-order valence-electron chi connectivity index (χ4n) is 16.7. The number of aliphatic hydroxyl groups is 1. The number of aliphatic hydroxyl groups excluding tert-OH is 1. The van der Waals surface area contributed by atoms with Crippen LogP contribution < -0.4 is 0 Å². The first kappa shape index (κ1) is 98.2. The molecule has 132 heavy (non-hydrogen) atoms. The zero-order valence-electron chi connectivity index (χ0n) is 73.5. The second-order valence-electron chi connectivity index (χ2n) is 31.7. The minimum Gasteiger partial charge on any atom is -0.512 e. The fraction of sp³-hybridized carbons (Fsp3) is 0.0776. The molecule has 22 aromatic rings. The van der Waals surface area contributed by atoms with Gasteiger partial charge in [-0.25, -0.2) is 0 Å². The topological polar surface area (TPSA) is 129 Å². The summed E-state index contributed by atoms with van der Waals surface area (Å²) in [5, 5.41) is 21.7. The average Bonchev–Trinajstić information content (AvgIpc) is 1.07. The molecule has 16 heteroatoms. The third-order valence-corrected chi connectivity index (χ3v) is 22.6. The Morgan fingerprint density at radius 1 is 0.394 bits per heavy atom. The maximum atomic E-state index is 10.0. The van der Waals surface area contributed by atoms with Crippen molar-refractivity contribution < 1.29 is 110 Å². The number of para-hydroxylation sites is 2. The number of hydrogen-bond acceptors (Lipinski definition) is 8. The standard InChI is InChI=1S/C24H19N2.C23H15N2.C19H13N2.C18H14N.C15H10N.C12H10N.C5H8O2.5Ir/c1-15-11-12-21-20(13-15)18-9-4-5-10-19(18)24-25-14-22(26(21)24)23-16(2)7-6-8-17(23)3;1-2-10-18(11-3-1)23-24-20-14-6-7-15-22(20)25(23)21-16-8-12-17-9-4-5-13-19(17)21;1-2-8-16(9-3-1)19-20-13-14-21(19)18-12-6-10-15-7-4-5-11-17(15)18;1-18(2)14-8-4-3-7-13(14)17-16-12(10-11-19-17)6-5-9-15(16)18;1-2-7-13(8-3-1)15-14-9-5-4-6-12(14)10-11-16-15;1-10-7-8-12(13-9-10)11-5-3-2-4-6-11;1-4(6)3-5(2)7;;;;;/h4-9,11-14H,1-3H3;1-10,12-16H;1-8,10-14H;3-6,8-11H,1-2H3;1-7,9-11H;2-5,7-9H,1H3;3,6H,1-2H3;;;;;/q6*-1;;;;;;. The molecule has 0 saturated carbocycles. The number of allylic oxidation sites excluding steroid dienone is 2. The maximum Gasteiger partial charge on any atom is 0.155 e. The van der Waals surface area contributed by atoms with Crippen LogP contribution in [0.3, 0.4) is 0 Å². The Labute approximate surface area is 837 Å². The maximum absolute atomic E-state index is 10.0. The molecule has 0 bridgehead atoms. The number of nitrogens with zero attached hydrogens (tertiary/aromatic N) is 9. The van der Waals surface area contributed by atoms with Crippen LogP contribution in [0.1, 0.15) is 61.1 Å². The molecule has 7 aromatic heterocycles. The van der Waals surface area contributed by atoms with Crippen LogP contribution in [-0.2, 0) is 111 Å². The zero-order chi connectivity index (χ0) is 87.3. The molecule has 23 rings (SSSR count). The van der Waals surface area contributed by atoms with Crippen LogP contribution in [0.15, 0.2) is 395 Å². The van der Waals surface area contributed by atoms with Gasteiger partial charge < -0.3 is 33.6 Å². The van der Waals surface area contributed by atoms with E-state index in [1.165, 1.54) is 118 Å². The summed E-state index contributed by atoms with van der Waals surface area (Å²) < 4.78 is 6.65. The van der Waals surface area contributed by atoms with Gasteiger partial charge in [-0.2, -0.15) is 0 Å². The van der Waals surface area contributed by atoms with E-state index < -0.39 is 0 Å². The van der Waals surface area contributed by atoms with Gasteiger partial charge in [0.2, 0.25) is 0 Å². The minimum atomic E-state index is -0.125. The molecule has 5 radical (unpaired) electrons. The number of aryl methyl sites for hydroxylation is 4. The average molecular weight is 2600 g/mol. The summed E-state index contributed by atoms with van der Waals surface area (Å²) in [5.41, 5.74) is 24.9. The third kappa shape index (κ3) is 21.5. The number of aromatic nitrogens is 9. The van der Waals surface area contributed by atoms with Crippen LogP contribution in [0.25, 0.3) is 161 Å². The number of hydrogen-bond donors (Lipinski definition) is 1. The molecule has 0 unspecified atom stereocenters. The molecule has 1 aliphatic rings. The van der Waals surface area contributed by atoms with Crippen LogP contribution in [0.5, 0.6) is 0 Å². The summed E-state index contributed by atoms with van der Waals surface area (Å²) >= 11 is 0.